The van der Waals surface area contributed by atoms with Crippen LogP contribution in [-0.2, 0) is 4.74 Å². The molecule has 1 aliphatic carbocycles. The third-order valence-electron chi connectivity index (χ3n) is 3.63. The van der Waals surface area contributed by atoms with Crippen LogP contribution >= 0.6 is 0 Å². The minimum absolute atomic E-state index is 0.00838. The van der Waals surface area contributed by atoms with E-state index in [0.717, 1.165) is 12.8 Å². The number of anilines is 1. The monoisotopic (exact) mass is 322 g/mol. The molecule has 122 valence electrons. The number of aromatic nitrogens is 1. The molecule has 3 nitrogen and oxygen atoms in total. The summed E-state index contributed by atoms with van der Waals surface area (Å²) >= 11 is 0. The van der Waals surface area contributed by atoms with Crippen LogP contribution in [0.1, 0.15) is 30.2 Å². The van der Waals surface area contributed by atoms with Gasteiger partial charge in [-0.05, 0) is 48.6 Å². The second-order valence-electron chi connectivity index (χ2n) is 5.66. The summed E-state index contributed by atoms with van der Waals surface area (Å²) < 4.78 is 43.5. The van der Waals surface area contributed by atoms with Gasteiger partial charge in [0.1, 0.15) is 6.10 Å². The molecule has 1 aromatic carbocycles. The van der Waals surface area contributed by atoms with Crippen molar-refractivity contribution >= 4 is 5.69 Å². The van der Waals surface area contributed by atoms with Gasteiger partial charge in [0.2, 0.25) is 0 Å². The van der Waals surface area contributed by atoms with E-state index in [1.807, 2.05) is 12.1 Å². The van der Waals surface area contributed by atoms with Gasteiger partial charge in [-0.25, -0.2) is 0 Å². The largest absolute Gasteiger partial charge is 0.482 e. The zero-order chi connectivity index (χ0) is 16.3. The number of nitrogens with one attached hydrogen (secondary N) is 1. The highest BCUT2D eigenvalue weighted by atomic mass is 19.4. The van der Waals surface area contributed by atoms with Gasteiger partial charge >= 0.3 is 6.30 Å². The normalized spacial score (nSPS) is 16.1. The second kappa shape index (κ2) is 6.58. The van der Waals surface area contributed by atoms with Gasteiger partial charge in [-0.3, -0.25) is 10.3 Å². The molecule has 1 aliphatic rings. The van der Waals surface area contributed by atoms with Gasteiger partial charge in [0.05, 0.1) is 12.3 Å². The number of benzene rings is 1. The Bertz CT molecular complexity index is 642. The summed E-state index contributed by atoms with van der Waals surface area (Å²) in [6, 6.07) is 11.6. The predicted molar refractivity (Wildman–Crippen MR) is 80.9 cm³/mol. The number of nitrogens with zero attached hydrogens (tertiary/aromatic N) is 1. The minimum Gasteiger partial charge on any atom is -0.367 e. The van der Waals surface area contributed by atoms with Crippen molar-refractivity contribution in [3.05, 3.63) is 59.9 Å². The molecule has 1 aromatic heterocycles. The van der Waals surface area contributed by atoms with Crippen LogP contribution in [0.5, 0.6) is 0 Å². The molecule has 3 rings (SSSR count). The van der Waals surface area contributed by atoms with Crippen molar-refractivity contribution in [2.75, 3.05) is 11.9 Å². The molecule has 6 heteroatoms. The zero-order valence-electron chi connectivity index (χ0n) is 12.4. The van der Waals surface area contributed by atoms with E-state index in [4.69, 9.17) is 4.74 Å². The smallest absolute Gasteiger partial charge is 0.367 e. The number of pyridine rings is 1. The molecule has 2 aromatic rings. The van der Waals surface area contributed by atoms with Crippen LogP contribution in [0.2, 0.25) is 0 Å². The third kappa shape index (κ3) is 4.69. The van der Waals surface area contributed by atoms with E-state index in [1.54, 1.807) is 24.4 Å². The maximum Gasteiger partial charge on any atom is 0.482 e. The Kier molecular flexibility index (Phi) is 4.52. The van der Waals surface area contributed by atoms with Gasteiger partial charge in [0.25, 0.3) is 0 Å². The Morgan fingerprint density at radius 1 is 1.17 bits per heavy atom. The van der Waals surface area contributed by atoms with Crippen LogP contribution in [0.4, 0.5) is 18.9 Å². The topological polar surface area (TPSA) is 34.1 Å². The van der Waals surface area contributed by atoms with E-state index >= 15 is 0 Å². The molecule has 23 heavy (non-hydrogen) atoms. The number of ether oxygens (including phenoxy) is 1. The SMILES string of the molecule is FC(F)(F)Nc1cccc(C(OCC2CC2)c2ccccn2)c1. The lowest BCUT2D eigenvalue weighted by molar-refractivity contribution is -0.0999. The molecule has 0 radical (unpaired) electrons. The van der Waals surface area contributed by atoms with Crippen molar-refractivity contribution in [1.82, 2.24) is 4.98 Å². The van der Waals surface area contributed by atoms with E-state index in [1.165, 1.54) is 17.4 Å². The Labute approximate surface area is 132 Å². The summed E-state index contributed by atoms with van der Waals surface area (Å²) in [7, 11) is 0. The summed E-state index contributed by atoms with van der Waals surface area (Å²) in [5.41, 5.74) is 1.34. The molecule has 0 spiro atoms. The van der Waals surface area contributed by atoms with Crippen LogP contribution in [0.15, 0.2) is 48.7 Å². The van der Waals surface area contributed by atoms with Crippen LogP contribution in [0.25, 0.3) is 0 Å². The first-order valence-electron chi connectivity index (χ1n) is 7.49. The number of hydrogen-bond donors (Lipinski definition) is 1. The Hall–Kier alpha value is -2.08. The Morgan fingerprint density at radius 3 is 2.65 bits per heavy atom. The van der Waals surface area contributed by atoms with Crippen LogP contribution in [0.3, 0.4) is 0 Å². The summed E-state index contributed by atoms with van der Waals surface area (Å²) in [4.78, 5) is 4.29. The van der Waals surface area contributed by atoms with Crippen molar-refractivity contribution in [1.29, 1.82) is 0 Å². The third-order valence-corrected chi connectivity index (χ3v) is 3.63. The maximum atomic E-state index is 12.5. The molecule has 0 amide bonds. The Morgan fingerprint density at radius 2 is 2.00 bits per heavy atom. The van der Waals surface area contributed by atoms with Crippen molar-refractivity contribution in [3.63, 3.8) is 0 Å². The van der Waals surface area contributed by atoms with E-state index in [2.05, 4.69) is 4.98 Å². The molecule has 1 saturated carbocycles. The van der Waals surface area contributed by atoms with E-state index < -0.39 is 12.4 Å². The molecule has 1 N–H and O–H groups in total. The highest BCUT2D eigenvalue weighted by Crippen LogP contribution is 2.33. The fraction of sp³-hybridized carbons (Fsp3) is 0.353. The predicted octanol–water partition coefficient (Wildman–Crippen LogP) is 4.53. The zero-order valence-corrected chi connectivity index (χ0v) is 12.4. The van der Waals surface area contributed by atoms with Crippen molar-refractivity contribution in [3.8, 4) is 0 Å². The van der Waals surface area contributed by atoms with Gasteiger partial charge in [0, 0.05) is 11.9 Å². The van der Waals surface area contributed by atoms with Gasteiger partial charge < -0.3 is 4.74 Å². The highest BCUT2D eigenvalue weighted by Gasteiger charge is 2.28. The standard InChI is InChI=1S/C17H17F3N2O/c18-17(19,20)22-14-5-3-4-13(10-14)16(23-11-12-7-8-12)15-6-1-2-9-21-15/h1-6,9-10,12,16,22H,7-8,11H2. The molecule has 0 saturated heterocycles. The molecule has 1 fully saturated rings. The quantitative estimate of drug-likeness (QED) is 0.794. The highest BCUT2D eigenvalue weighted by molar-refractivity contribution is 5.47. The summed E-state index contributed by atoms with van der Waals surface area (Å²) in [6.07, 6.45) is -0.990. The van der Waals surface area contributed by atoms with Crippen LogP contribution < -0.4 is 5.32 Å². The fourth-order valence-corrected chi connectivity index (χ4v) is 2.34. The average molecular weight is 322 g/mol. The molecule has 0 bridgehead atoms. The lowest BCUT2D eigenvalue weighted by atomic mass is 10.0. The van der Waals surface area contributed by atoms with E-state index in [-0.39, 0.29) is 5.69 Å². The van der Waals surface area contributed by atoms with Crippen molar-refractivity contribution in [2.45, 2.75) is 25.2 Å². The number of hydrogen-bond acceptors (Lipinski definition) is 3. The van der Waals surface area contributed by atoms with Gasteiger partial charge in [-0.1, -0.05) is 18.2 Å². The fourth-order valence-electron chi connectivity index (χ4n) is 2.34. The first-order valence-corrected chi connectivity index (χ1v) is 7.49. The van der Waals surface area contributed by atoms with Gasteiger partial charge in [-0.2, -0.15) is 13.2 Å². The lowest BCUT2D eigenvalue weighted by Gasteiger charge is -2.19. The van der Waals surface area contributed by atoms with Gasteiger partial charge in [0.15, 0.2) is 0 Å². The van der Waals surface area contributed by atoms with Crippen LogP contribution in [0, 0.1) is 5.92 Å². The first-order chi connectivity index (χ1) is 11.0. The second-order valence-corrected chi connectivity index (χ2v) is 5.66. The maximum absolute atomic E-state index is 12.5. The molecular weight excluding hydrogens is 305 g/mol. The number of rotatable bonds is 6. The molecule has 1 heterocycles. The van der Waals surface area contributed by atoms with E-state index in [9.17, 15) is 13.2 Å². The first kappa shape index (κ1) is 15.8. The van der Waals surface area contributed by atoms with Crippen molar-refractivity contribution < 1.29 is 17.9 Å². The Balaban J connectivity index is 1.84. The molecule has 1 unspecified atom stereocenters. The molecule has 1 atom stereocenters. The van der Waals surface area contributed by atoms with Crippen molar-refractivity contribution in [2.24, 2.45) is 5.92 Å². The summed E-state index contributed by atoms with van der Waals surface area (Å²) in [6.45, 7) is 0.595. The average Bonchev–Trinajstić information content (AvgIpc) is 3.31. The number of alkyl halides is 3. The summed E-state index contributed by atoms with van der Waals surface area (Å²) in [5, 5.41) is 1.53. The summed E-state index contributed by atoms with van der Waals surface area (Å²) in [5.74, 6) is 0.553. The minimum atomic E-state index is -4.46. The molecular formula is C17H17F3N2O. The van der Waals surface area contributed by atoms with Gasteiger partial charge in [-0.15, -0.1) is 0 Å². The molecule has 0 aliphatic heterocycles. The number of halogens is 3. The van der Waals surface area contributed by atoms with E-state index in [0.29, 0.717) is 23.8 Å². The van der Waals surface area contributed by atoms with Crippen LogP contribution in [-0.4, -0.2) is 17.9 Å². The lowest BCUT2D eigenvalue weighted by Crippen LogP contribution is -2.20.